The van der Waals surface area contributed by atoms with Crippen LogP contribution in [0, 0.1) is 6.92 Å². The van der Waals surface area contributed by atoms with Crippen LogP contribution < -0.4 is 0 Å². The molecule has 0 saturated heterocycles. The van der Waals surface area contributed by atoms with Crippen molar-refractivity contribution in [1.82, 2.24) is 4.31 Å². The lowest BCUT2D eigenvalue weighted by molar-refractivity contribution is 0.0696. The van der Waals surface area contributed by atoms with Crippen LogP contribution in [0.5, 0.6) is 0 Å². The molecule has 0 saturated carbocycles. The molecule has 0 aliphatic rings. The first-order valence-electron chi connectivity index (χ1n) is 6.66. The lowest BCUT2D eigenvalue weighted by Gasteiger charge is -2.19. The van der Waals surface area contributed by atoms with Crippen LogP contribution >= 0.6 is 0 Å². The molecule has 0 fully saturated rings. The summed E-state index contributed by atoms with van der Waals surface area (Å²) in [6.07, 6.45) is 0. The monoisotopic (exact) mass is 319 g/mol. The van der Waals surface area contributed by atoms with Gasteiger partial charge in [-0.3, -0.25) is 0 Å². The van der Waals surface area contributed by atoms with E-state index in [0.717, 1.165) is 5.56 Å². The number of sulfonamides is 1. The van der Waals surface area contributed by atoms with Crippen LogP contribution in [0.2, 0.25) is 0 Å². The Labute approximate surface area is 129 Å². The number of hydrogen-bond donors (Lipinski definition) is 1. The Morgan fingerprint density at radius 2 is 1.77 bits per heavy atom. The number of carbonyl (C=O) groups is 1. The summed E-state index contributed by atoms with van der Waals surface area (Å²) in [6, 6.07) is 13.3. The average molecular weight is 319 g/mol. The van der Waals surface area contributed by atoms with Gasteiger partial charge in [0.15, 0.2) is 0 Å². The van der Waals surface area contributed by atoms with Gasteiger partial charge in [0.05, 0.1) is 10.5 Å². The smallest absolute Gasteiger partial charge is 0.335 e. The van der Waals surface area contributed by atoms with E-state index in [-0.39, 0.29) is 17.0 Å². The van der Waals surface area contributed by atoms with Gasteiger partial charge in [0, 0.05) is 13.6 Å². The minimum atomic E-state index is -3.75. The van der Waals surface area contributed by atoms with Gasteiger partial charge in [-0.2, -0.15) is 4.31 Å². The lowest BCUT2D eigenvalue weighted by atomic mass is 10.1. The SMILES string of the molecule is Cc1ccc(C(=O)O)cc1S(=O)(=O)N(C)Cc1ccccc1. The Kier molecular flexibility index (Phi) is 4.63. The van der Waals surface area contributed by atoms with Crippen LogP contribution in [-0.4, -0.2) is 30.8 Å². The van der Waals surface area contributed by atoms with Crippen LogP contribution in [0.15, 0.2) is 53.4 Å². The summed E-state index contributed by atoms with van der Waals surface area (Å²) in [6.45, 7) is 1.87. The minimum Gasteiger partial charge on any atom is -0.478 e. The van der Waals surface area contributed by atoms with Gasteiger partial charge >= 0.3 is 5.97 Å². The molecule has 2 rings (SSSR count). The van der Waals surface area contributed by atoms with Gasteiger partial charge in [0.25, 0.3) is 0 Å². The van der Waals surface area contributed by atoms with Crippen molar-refractivity contribution in [3.63, 3.8) is 0 Å². The molecule has 0 unspecified atom stereocenters. The van der Waals surface area contributed by atoms with Gasteiger partial charge in [0.1, 0.15) is 0 Å². The Morgan fingerprint density at radius 1 is 1.14 bits per heavy atom. The summed E-state index contributed by atoms with van der Waals surface area (Å²) < 4.78 is 26.5. The highest BCUT2D eigenvalue weighted by atomic mass is 32.2. The van der Waals surface area contributed by atoms with Crippen molar-refractivity contribution in [2.45, 2.75) is 18.4 Å². The molecule has 1 N–H and O–H groups in total. The molecule has 6 heteroatoms. The highest BCUT2D eigenvalue weighted by molar-refractivity contribution is 7.89. The predicted octanol–water partition coefficient (Wildman–Crippen LogP) is 2.51. The van der Waals surface area contributed by atoms with Crippen molar-refractivity contribution < 1.29 is 18.3 Å². The van der Waals surface area contributed by atoms with Gasteiger partial charge in [-0.15, -0.1) is 0 Å². The fourth-order valence-corrected chi connectivity index (χ4v) is 3.51. The molecule has 0 bridgehead atoms. The summed E-state index contributed by atoms with van der Waals surface area (Å²) >= 11 is 0. The number of aryl methyl sites for hydroxylation is 1. The summed E-state index contributed by atoms with van der Waals surface area (Å²) in [5, 5.41) is 9.03. The van der Waals surface area contributed by atoms with E-state index in [4.69, 9.17) is 5.11 Å². The maximum Gasteiger partial charge on any atom is 0.335 e. The first kappa shape index (κ1) is 16.2. The topological polar surface area (TPSA) is 74.7 Å². The predicted molar refractivity (Wildman–Crippen MR) is 83.2 cm³/mol. The van der Waals surface area contributed by atoms with Crippen molar-refractivity contribution in [3.05, 3.63) is 65.2 Å². The molecule has 0 radical (unpaired) electrons. The molecular weight excluding hydrogens is 302 g/mol. The molecule has 2 aromatic rings. The van der Waals surface area contributed by atoms with E-state index in [0.29, 0.717) is 5.56 Å². The molecule has 0 aliphatic carbocycles. The number of carboxylic acids is 1. The second-order valence-electron chi connectivity index (χ2n) is 5.03. The van der Waals surface area contributed by atoms with Gasteiger partial charge in [-0.25, -0.2) is 13.2 Å². The van der Waals surface area contributed by atoms with E-state index in [9.17, 15) is 13.2 Å². The first-order chi connectivity index (χ1) is 10.3. The Morgan fingerprint density at radius 3 is 2.36 bits per heavy atom. The molecule has 5 nitrogen and oxygen atoms in total. The lowest BCUT2D eigenvalue weighted by Crippen LogP contribution is -2.27. The van der Waals surface area contributed by atoms with Crippen molar-refractivity contribution in [2.75, 3.05) is 7.05 Å². The highest BCUT2D eigenvalue weighted by Crippen LogP contribution is 2.22. The number of nitrogens with zero attached hydrogens (tertiary/aromatic N) is 1. The van der Waals surface area contributed by atoms with Crippen LogP contribution in [0.25, 0.3) is 0 Å². The standard InChI is InChI=1S/C16H17NO4S/c1-12-8-9-14(16(18)19)10-15(12)22(20,21)17(2)11-13-6-4-3-5-7-13/h3-10H,11H2,1-2H3,(H,18,19). The molecule has 0 amide bonds. The molecule has 116 valence electrons. The largest absolute Gasteiger partial charge is 0.478 e. The highest BCUT2D eigenvalue weighted by Gasteiger charge is 2.24. The van der Waals surface area contributed by atoms with Gasteiger partial charge in [0.2, 0.25) is 10.0 Å². The summed E-state index contributed by atoms with van der Waals surface area (Å²) in [5.74, 6) is -1.15. The van der Waals surface area contributed by atoms with Gasteiger partial charge in [-0.05, 0) is 30.2 Å². The van der Waals surface area contributed by atoms with E-state index >= 15 is 0 Å². The maximum atomic E-state index is 12.7. The second-order valence-corrected chi connectivity index (χ2v) is 7.05. The van der Waals surface area contributed by atoms with Crippen molar-refractivity contribution >= 4 is 16.0 Å². The molecule has 0 spiro atoms. The molecule has 0 heterocycles. The Hall–Kier alpha value is -2.18. The third kappa shape index (κ3) is 3.35. The fourth-order valence-electron chi connectivity index (χ4n) is 2.10. The molecule has 0 aromatic heterocycles. The average Bonchev–Trinajstić information content (AvgIpc) is 2.48. The quantitative estimate of drug-likeness (QED) is 0.919. The minimum absolute atomic E-state index is 0.0193. The summed E-state index contributed by atoms with van der Waals surface area (Å²) in [5.41, 5.74) is 1.34. The summed E-state index contributed by atoms with van der Waals surface area (Å²) in [7, 11) is -2.27. The summed E-state index contributed by atoms with van der Waals surface area (Å²) in [4.78, 5) is 11.1. The van der Waals surface area contributed by atoms with Crippen LogP contribution in [0.4, 0.5) is 0 Å². The van der Waals surface area contributed by atoms with Crippen LogP contribution in [0.3, 0.4) is 0 Å². The van der Waals surface area contributed by atoms with Crippen LogP contribution in [-0.2, 0) is 16.6 Å². The normalized spacial score (nSPS) is 11.6. The third-order valence-electron chi connectivity index (χ3n) is 3.37. The fraction of sp³-hybridized carbons (Fsp3) is 0.188. The molecule has 2 aromatic carbocycles. The van der Waals surface area contributed by atoms with E-state index in [2.05, 4.69) is 0 Å². The maximum absolute atomic E-state index is 12.7. The Bertz CT molecular complexity index is 785. The molecule has 22 heavy (non-hydrogen) atoms. The zero-order valence-corrected chi connectivity index (χ0v) is 13.2. The van der Waals surface area contributed by atoms with Crippen molar-refractivity contribution in [1.29, 1.82) is 0 Å². The molecular formula is C16H17NO4S. The van der Waals surface area contributed by atoms with Crippen molar-refractivity contribution in [3.8, 4) is 0 Å². The molecule has 0 aliphatic heterocycles. The molecule has 0 atom stereocenters. The number of hydrogen-bond acceptors (Lipinski definition) is 3. The number of aromatic carboxylic acids is 1. The van der Waals surface area contributed by atoms with Crippen LogP contribution in [0.1, 0.15) is 21.5 Å². The van der Waals surface area contributed by atoms with E-state index in [1.165, 1.54) is 29.6 Å². The first-order valence-corrected chi connectivity index (χ1v) is 8.10. The van der Waals surface area contributed by atoms with E-state index in [1.807, 2.05) is 30.3 Å². The number of rotatable bonds is 5. The Balaban J connectivity index is 2.37. The second kappa shape index (κ2) is 6.29. The van der Waals surface area contributed by atoms with Crippen molar-refractivity contribution in [2.24, 2.45) is 0 Å². The van der Waals surface area contributed by atoms with E-state index < -0.39 is 16.0 Å². The third-order valence-corrected chi connectivity index (χ3v) is 5.32. The van der Waals surface area contributed by atoms with E-state index in [1.54, 1.807) is 6.92 Å². The number of carboxylic acid groups (broad SMARTS) is 1. The van der Waals surface area contributed by atoms with Gasteiger partial charge < -0.3 is 5.11 Å². The van der Waals surface area contributed by atoms with Gasteiger partial charge in [-0.1, -0.05) is 36.4 Å². The zero-order valence-electron chi connectivity index (χ0n) is 12.4. The zero-order chi connectivity index (χ0) is 16.3. The number of benzene rings is 2.